The monoisotopic (exact) mass is 249 g/mol. The maximum absolute atomic E-state index is 11.4. The average molecular weight is 249 g/mol. The topological polar surface area (TPSA) is 40.5 Å². The Balaban J connectivity index is 2.91. The number of hydrogen-bond donors (Lipinski definition) is 1. The Bertz CT molecular complexity index is 377. The van der Waals surface area contributed by atoms with Gasteiger partial charge in [-0.15, -0.1) is 0 Å². The molecule has 1 aromatic carbocycles. The third-order valence-corrected chi connectivity index (χ3v) is 3.05. The standard InChI is InChI=1S/C15H23NO2/c1-3-5-9-13-10-7-8-11-14(13)16(15(17)18)12-6-4-2/h7-8,10-11H,3-6,9,12H2,1-2H3,(H,17,18). The normalized spacial score (nSPS) is 10.3. The molecule has 0 aromatic heterocycles. The molecule has 0 unspecified atom stereocenters. The SMILES string of the molecule is CCCCc1ccccc1N(CCCC)C(=O)O. The summed E-state index contributed by atoms with van der Waals surface area (Å²) in [6.07, 6.45) is 4.21. The van der Waals surface area contributed by atoms with Gasteiger partial charge in [-0.05, 0) is 30.9 Å². The van der Waals surface area contributed by atoms with E-state index in [2.05, 4.69) is 13.8 Å². The summed E-state index contributed by atoms with van der Waals surface area (Å²) >= 11 is 0. The second-order valence-corrected chi connectivity index (χ2v) is 4.52. The molecule has 0 saturated heterocycles. The van der Waals surface area contributed by atoms with Gasteiger partial charge in [-0.25, -0.2) is 4.79 Å². The van der Waals surface area contributed by atoms with Crippen molar-refractivity contribution in [3.63, 3.8) is 0 Å². The van der Waals surface area contributed by atoms with Gasteiger partial charge in [-0.3, -0.25) is 4.90 Å². The zero-order valence-corrected chi connectivity index (χ0v) is 11.4. The van der Waals surface area contributed by atoms with Gasteiger partial charge in [-0.2, -0.15) is 0 Å². The number of nitrogens with zero attached hydrogens (tertiary/aromatic N) is 1. The third-order valence-electron chi connectivity index (χ3n) is 3.05. The number of anilines is 1. The Labute approximate surface area is 109 Å². The Hall–Kier alpha value is -1.51. The van der Waals surface area contributed by atoms with Crippen molar-refractivity contribution in [1.29, 1.82) is 0 Å². The molecule has 18 heavy (non-hydrogen) atoms. The number of carbonyl (C=O) groups is 1. The van der Waals surface area contributed by atoms with Crippen molar-refractivity contribution in [2.24, 2.45) is 0 Å². The zero-order chi connectivity index (χ0) is 13.4. The molecule has 1 amide bonds. The van der Waals surface area contributed by atoms with Gasteiger partial charge in [0.05, 0.1) is 5.69 Å². The highest BCUT2D eigenvalue weighted by Gasteiger charge is 2.16. The van der Waals surface area contributed by atoms with Crippen molar-refractivity contribution in [2.45, 2.75) is 46.0 Å². The highest BCUT2D eigenvalue weighted by atomic mass is 16.4. The fourth-order valence-corrected chi connectivity index (χ4v) is 1.99. The number of carboxylic acid groups (broad SMARTS) is 1. The molecule has 0 bridgehead atoms. The second-order valence-electron chi connectivity index (χ2n) is 4.52. The summed E-state index contributed by atoms with van der Waals surface area (Å²) in [6.45, 7) is 4.80. The van der Waals surface area contributed by atoms with E-state index in [0.29, 0.717) is 6.54 Å². The summed E-state index contributed by atoms with van der Waals surface area (Å²) < 4.78 is 0. The van der Waals surface area contributed by atoms with Crippen molar-refractivity contribution in [2.75, 3.05) is 11.4 Å². The van der Waals surface area contributed by atoms with E-state index in [-0.39, 0.29) is 0 Å². The van der Waals surface area contributed by atoms with Gasteiger partial charge < -0.3 is 5.11 Å². The Kier molecular flexibility index (Phi) is 6.26. The summed E-state index contributed by atoms with van der Waals surface area (Å²) in [5, 5.41) is 9.33. The lowest BCUT2D eigenvalue weighted by molar-refractivity contribution is 0.201. The zero-order valence-electron chi connectivity index (χ0n) is 11.4. The van der Waals surface area contributed by atoms with Crippen molar-refractivity contribution in [1.82, 2.24) is 0 Å². The molecule has 1 N–H and O–H groups in total. The number of hydrogen-bond acceptors (Lipinski definition) is 1. The molecule has 0 radical (unpaired) electrons. The molecule has 0 aliphatic rings. The highest BCUT2D eigenvalue weighted by Crippen LogP contribution is 2.23. The van der Waals surface area contributed by atoms with Gasteiger partial charge in [0, 0.05) is 6.54 Å². The van der Waals surface area contributed by atoms with E-state index in [4.69, 9.17) is 0 Å². The molecule has 3 heteroatoms. The number of unbranched alkanes of at least 4 members (excludes halogenated alkanes) is 2. The van der Waals surface area contributed by atoms with Crippen LogP contribution in [0.25, 0.3) is 0 Å². The first-order valence-electron chi connectivity index (χ1n) is 6.79. The number of aryl methyl sites for hydroxylation is 1. The fraction of sp³-hybridized carbons (Fsp3) is 0.533. The van der Waals surface area contributed by atoms with Crippen LogP contribution in [0.2, 0.25) is 0 Å². The lowest BCUT2D eigenvalue weighted by Crippen LogP contribution is -2.31. The van der Waals surface area contributed by atoms with Crippen molar-refractivity contribution >= 4 is 11.8 Å². The maximum Gasteiger partial charge on any atom is 0.411 e. The molecule has 0 atom stereocenters. The summed E-state index contributed by atoms with van der Waals surface area (Å²) in [5.74, 6) is 0. The first-order chi connectivity index (χ1) is 8.70. The molecule has 3 nitrogen and oxygen atoms in total. The summed E-state index contributed by atoms with van der Waals surface area (Å²) in [6, 6.07) is 7.84. The lowest BCUT2D eigenvalue weighted by Gasteiger charge is -2.22. The molecule has 0 heterocycles. The van der Waals surface area contributed by atoms with Crippen LogP contribution in [0, 0.1) is 0 Å². The third kappa shape index (κ3) is 4.06. The van der Waals surface area contributed by atoms with Crippen LogP contribution < -0.4 is 4.90 Å². The van der Waals surface area contributed by atoms with Crippen LogP contribution in [0.3, 0.4) is 0 Å². The van der Waals surface area contributed by atoms with Crippen molar-refractivity contribution < 1.29 is 9.90 Å². The molecule has 0 saturated carbocycles. The van der Waals surface area contributed by atoms with E-state index in [1.807, 2.05) is 24.3 Å². The molecule has 1 rings (SSSR count). The minimum atomic E-state index is -0.854. The maximum atomic E-state index is 11.4. The van der Waals surface area contributed by atoms with Crippen LogP contribution in [0.15, 0.2) is 24.3 Å². The van der Waals surface area contributed by atoms with Crippen LogP contribution in [-0.4, -0.2) is 17.7 Å². The fourth-order valence-electron chi connectivity index (χ4n) is 1.99. The number of para-hydroxylation sites is 1. The van der Waals surface area contributed by atoms with Crippen LogP contribution >= 0.6 is 0 Å². The quantitative estimate of drug-likeness (QED) is 0.782. The summed E-state index contributed by atoms with van der Waals surface area (Å²) in [4.78, 5) is 12.8. The summed E-state index contributed by atoms with van der Waals surface area (Å²) in [7, 11) is 0. The molecule has 0 fully saturated rings. The molecular formula is C15H23NO2. The predicted molar refractivity (Wildman–Crippen MR) is 75.3 cm³/mol. The number of rotatable bonds is 7. The first-order valence-corrected chi connectivity index (χ1v) is 6.79. The average Bonchev–Trinajstić information content (AvgIpc) is 2.37. The van der Waals surface area contributed by atoms with E-state index in [1.165, 1.54) is 4.90 Å². The van der Waals surface area contributed by atoms with Gasteiger partial charge in [-0.1, -0.05) is 44.9 Å². The van der Waals surface area contributed by atoms with Gasteiger partial charge in [0.15, 0.2) is 0 Å². The molecule has 1 aromatic rings. The van der Waals surface area contributed by atoms with Gasteiger partial charge in [0.2, 0.25) is 0 Å². The van der Waals surface area contributed by atoms with E-state index in [1.54, 1.807) is 0 Å². The molecule has 0 aliphatic carbocycles. The highest BCUT2D eigenvalue weighted by molar-refractivity contribution is 5.87. The van der Waals surface area contributed by atoms with Gasteiger partial charge in [0.1, 0.15) is 0 Å². The lowest BCUT2D eigenvalue weighted by atomic mass is 10.1. The molecular weight excluding hydrogens is 226 g/mol. The van der Waals surface area contributed by atoms with Crippen molar-refractivity contribution in [3.8, 4) is 0 Å². The van der Waals surface area contributed by atoms with E-state index in [9.17, 15) is 9.90 Å². The van der Waals surface area contributed by atoms with Crippen LogP contribution in [0.1, 0.15) is 45.1 Å². The minimum Gasteiger partial charge on any atom is -0.465 e. The van der Waals surface area contributed by atoms with Crippen LogP contribution in [-0.2, 0) is 6.42 Å². The summed E-state index contributed by atoms with van der Waals surface area (Å²) in [5.41, 5.74) is 1.99. The molecule has 0 spiro atoms. The Morgan fingerprint density at radius 2 is 1.83 bits per heavy atom. The van der Waals surface area contributed by atoms with Gasteiger partial charge >= 0.3 is 6.09 Å². The number of benzene rings is 1. The van der Waals surface area contributed by atoms with Crippen molar-refractivity contribution in [3.05, 3.63) is 29.8 Å². The first kappa shape index (κ1) is 14.6. The van der Waals surface area contributed by atoms with Gasteiger partial charge in [0.25, 0.3) is 0 Å². The molecule has 0 aliphatic heterocycles. The molecule has 100 valence electrons. The smallest absolute Gasteiger partial charge is 0.411 e. The minimum absolute atomic E-state index is 0.578. The van der Waals surface area contributed by atoms with Crippen LogP contribution in [0.5, 0.6) is 0 Å². The second kappa shape index (κ2) is 7.75. The predicted octanol–water partition coefficient (Wildman–Crippen LogP) is 4.31. The van der Waals surface area contributed by atoms with E-state index in [0.717, 1.165) is 43.4 Å². The Morgan fingerprint density at radius 1 is 1.17 bits per heavy atom. The largest absolute Gasteiger partial charge is 0.465 e. The van der Waals surface area contributed by atoms with E-state index >= 15 is 0 Å². The number of amides is 1. The van der Waals surface area contributed by atoms with Crippen LogP contribution in [0.4, 0.5) is 10.5 Å². The Morgan fingerprint density at radius 3 is 2.44 bits per heavy atom. The van der Waals surface area contributed by atoms with E-state index < -0.39 is 6.09 Å².